The first kappa shape index (κ1) is 16.5. The van der Waals surface area contributed by atoms with Gasteiger partial charge in [0.05, 0.1) is 6.10 Å². The number of carboxylic acids is 1. The van der Waals surface area contributed by atoms with Crippen LogP contribution in [0.15, 0.2) is 0 Å². The zero-order chi connectivity index (χ0) is 14.3. The number of hydrogen-bond acceptors (Lipinski definition) is 3. The smallest absolute Gasteiger partial charge is 0.389 e. The molecule has 0 aliphatic heterocycles. The monoisotopic (exact) mass is 272 g/mol. The Morgan fingerprint density at radius 3 is 2.28 bits per heavy atom. The number of hydrogen-bond donors (Lipinski definition) is 4. The van der Waals surface area contributed by atoms with Crippen LogP contribution in [0, 0.1) is 0 Å². The molecule has 0 aromatic carbocycles. The number of rotatable bonds is 6. The molecule has 0 saturated heterocycles. The number of aliphatic carboxylic acids is 1. The average Bonchev–Trinajstić information content (AvgIpc) is 2.18. The van der Waals surface area contributed by atoms with Gasteiger partial charge in [-0.3, -0.25) is 0 Å². The van der Waals surface area contributed by atoms with Crippen LogP contribution in [0.25, 0.3) is 0 Å². The predicted octanol–water partition coefficient (Wildman–Crippen LogP) is 0.462. The summed E-state index contributed by atoms with van der Waals surface area (Å²) in [5.41, 5.74) is 0. The van der Waals surface area contributed by atoms with Gasteiger partial charge >= 0.3 is 18.2 Å². The largest absolute Gasteiger partial charge is 0.480 e. The van der Waals surface area contributed by atoms with E-state index in [2.05, 4.69) is 5.32 Å². The van der Waals surface area contributed by atoms with Crippen LogP contribution < -0.4 is 10.6 Å². The molecule has 0 radical (unpaired) electrons. The van der Waals surface area contributed by atoms with E-state index in [9.17, 15) is 22.8 Å². The molecule has 2 unspecified atom stereocenters. The summed E-state index contributed by atoms with van der Waals surface area (Å²) in [4.78, 5) is 21.7. The summed E-state index contributed by atoms with van der Waals surface area (Å²) in [7, 11) is 0. The van der Waals surface area contributed by atoms with Gasteiger partial charge in [-0.05, 0) is 13.3 Å². The minimum Gasteiger partial charge on any atom is -0.480 e. The van der Waals surface area contributed by atoms with Crippen molar-refractivity contribution in [3.8, 4) is 0 Å². The van der Waals surface area contributed by atoms with Crippen molar-refractivity contribution in [2.24, 2.45) is 0 Å². The molecule has 0 heterocycles. The number of alkyl halides is 3. The van der Waals surface area contributed by atoms with Gasteiger partial charge in [0.15, 0.2) is 6.04 Å². The molecule has 0 aromatic rings. The highest BCUT2D eigenvalue weighted by Crippen LogP contribution is 2.20. The summed E-state index contributed by atoms with van der Waals surface area (Å²) in [6.07, 6.45) is -6.94. The van der Waals surface area contributed by atoms with E-state index in [0.717, 1.165) is 0 Å². The molecule has 0 fully saturated rings. The molecule has 0 aliphatic rings. The number of urea groups is 1. The Hall–Kier alpha value is -1.51. The molecule has 6 nitrogen and oxygen atoms in total. The minimum absolute atomic E-state index is 0.239. The van der Waals surface area contributed by atoms with Crippen LogP contribution in [0.4, 0.5) is 18.0 Å². The van der Waals surface area contributed by atoms with Gasteiger partial charge in [0.1, 0.15) is 0 Å². The standard InChI is InChI=1S/C9H15F3N2O4/c1-5(15)6(7(16)17)14-8(18)13-4-2-3-9(10,11)12/h5-6,15H,2-4H2,1H3,(H,16,17)(H2,13,14,18). The van der Waals surface area contributed by atoms with Crippen LogP contribution in [-0.4, -0.2) is 47.1 Å². The SMILES string of the molecule is CC(O)C(NC(=O)NCCCC(F)(F)F)C(=O)O. The molecule has 18 heavy (non-hydrogen) atoms. The third kappa shape index (κ3) is 7.71. The first-order valence-electron chi connectivity index (χ1n) is 5.15. The maximum Gasteiger partial charge on any atom is 0.389 e. The van der Waals surface area contributed by atoms with Gasteiger partial charge in [0.2, 0.25) is 0 Å². The summed E-state index contributed by atoms with van der Waals surface area (Å²) in [5.74, 6) is -1.43. The quantitative estimate of drug-likeness (QED) is 0.528. The third-order valence-electron chi connectivity index (χ3n) is 1.96. The zero-order valence-electron chi connectivity index (χ0n) is 9.62. The fraction of sp³-hybridized carbons (Fsp3) is 0.778. The molecule has 2 atom stereocenters. The highest BCUT2D eigenvalue weighted by atomic mass is 19.4. The Morgan fingerprint density at radius 1 is 1.33 bits per heavy atom. The van der Waals surface area contributed by atoms with E-state index in [4.69, 9.17) is 10.2 Å². The van der Waals surface area contributed by atoms with Gasteiger partial charge in [-0.25, -0.2) is 9.59 Å². The van der Waals surface area contributed by atoms with Crippen LogP contribution in [0.2, 0.25) is 0 Å². The Morgan fingerprint density at radius 2 is 1.89 bits per heavy atom. The number of halogens is 3. The Bertz CT molecular complexity index is 294. The zero-order valence-corrected chi connectivity index (χ0v) is 9.62. The summed E-state index contributed by atoms with van der Waals surface area (Å²) in [6.45, 7) is 0.931. The Labute approximate surface area is 101 Å². The summed E-state index contributed by atoms with van der Waals surface area (Å²) < 4.78 is 35.3. The van der Waals surface area contributed by atoms with Gasteiger partial charge in [-0.15, -0.1) is 0 Å². The molecule has 4 N–H and O–H groups in total. The Kier molecular flexibility index (Phi) is 6.45. The first-order chi connectivity index (χ1) is 8.13. The first-order valence-corrected chi connectivity index (χ1v) is 5.15. The maximum absolute atomic E-state index is 11.8. The second-order valence-electron chi connectivity index (χ2n) is 3.68. The van der Waals surface area contributed by atoms with Gasteiger partial charge < -0.3 is 20.8 Å². The number of carbonyl (C=O) groups excluding carboxylic acids is 1. The maximum atomic E-state index is 11.8. The second-order valence-corrected chi connectivity index (χ2v) is 3.68. The molecule has 2 amide bonds. The summed E-state index contributed by atoms with van der Waals surface area (Å²) >= 11 is 0. The van der Waals surface area contributed by atoms with Gasteiger partial charge in [-0.2, -0.15) is 13.2 Å². The number of carbonyl (C=O) groups is 2. The van der Waals surface area contributed by atoms with E-state index in [-0.39, 0.29) is 13.0 Å². The van der Waals surface area contributed by atoms with Crippen LogP contribution >= 0.6 is 0 Å². The van der Waals surface area contributed by atoms with Crippen molar-refractivity contribution in [1.29, 1.82) is 0 Å². The predicted molar refractivity (Wildman–Crippen MR) is 54.9 cm³/mol. The molecule has 0 saturated carbocycles. The highest BCUT2D eigenvalue weighted by molar-refractivity contribution is 5.82. The van der Waals surface area contributed by atoms with Gasteiger partial charge in [0, 0.05) is 13.0 Å². The van der Waals surface area contributed by atoms with Gasteiger partial charge in [-0.1, -0.05) is 0 Å². The molecule has 0 aliphatic carbocycles. The number of aliphatic hydroxyl groups is 1. The summed E-state index contributed by atoms with van der Waals surface area (Å²) in [6, 6.07) is -2.45. The van der Waals surface area contributed by atoms with Crippen LogP contribution in [-0.2, 0) is 4.79 Å². The number of amides is 2. The van der Waals surface area contributed by atoms with E-state index in [1.54, 1.807) is 0 Å². The van der Waals surface area contributed by atoms with E-state index in [0.29, 0.717) is 0 Å². The van der Waals surface area contributed by atoms with E-state index in [1.807, 2.05) is 5.32 Å². The molecule has 106 valence electrons. The molecule has 0 rings (SSSR count). The lowest BCUT2D eigenvalue weighted by Gasteiger charge is -2.17. The molecular formula is C9H15F3N2O4. The van der Waals surface area contributed by atoms with E-state index >= 15 is 0 Å². The normalized spacial score (nSPS) is 14.7. The molecule has 0 aromatic heterocycles. The lowest BCUT2D eigenvalue weighted by Crippen LogP contribution is -2.51. The van der Waals surface area contributed by atoms with Crippen molar-refractivity contribution in [1.82, 2.24) is 10.6 Å². The minimum atomic E-state index is -4.29. The van der Waals surface area contributed by atoms with Crippen molar-refractivity contribution in [3.05, 3.63) is 0 Å². The van der Waals surface area contributed by atoms with Crippen molar-refractivity contribution < 1.29 is 33.0 Å². The fourth-order valence-corrected chi connectivity index (χ4v) is 1.07. The number of carboxylic acid groups (broad SMARTS) is 1. The van der Waals surface area contributed by atoms with Crippen LogP contribution in [0.3, 0.4) is 0 Å². The number of aliphatic hydroxyl groups excluding tert-OH is 1. The second kappa shape index (κ2) is 7.04. The van der Waals surface area contributed by atoms with Gasteiger partial charge in [0.25, 0.3) is 0 Å². The van der Waals surface area contributed by atoms with Crippen molar-refractivity contribution in [2.45, 2.75) is 38.1 Å². The molecule has 0 bridgehead atoms. The average molecular weight is 272 g/mol. The third-order valence-corrected chi connectivity index (χ3v) is 1.96. The fourth-order valence-electron chi connectivity index (χ4n) is 1.07. The van der Waals surface area contributed by atoms with Crippen molar-refractivity contribution >= 4 is 12.0 Å². The lowest BCUT2D eigenvalue weighted by molar-refractivity contribution is -0.141. The molecule has 0 spiro atoms. The Balaban J connectivity index is 3.93. The molecule has 9 heteroatoms. The summed E-state index contributed by atoms with van der Waals surface area (Å²) in [5, 5.41) is 21.7. The van der Waals surface area contributed by atoms with Crippen LogP contribution in [0.5, 0.6) is 0 Å². The lowest BCUT2D eigenvalue weighted by atomic mass is 10.2. The molecular weight excluding hydrogens is 257 g/mol. The van der Waals surface area contributed by atoms with Crippen molar-refractivity contribution in [3.63, 3.8) is 0 Å². The van der Waals surface area contributed by atoms with Crippen LogP contribution in [0.1, 0.15) is 19.8 Å². The van der Waals surface area contributed by atoms with E-state index < -0.39 is 36.7 Å². The topological polar surface area (TPSA) is 98.7 Å². The highest BCUT2D eigenvalue weighted by Gasteiger charge is 2.27. The number of nitrogens with one attached hydrogen (secondary N) is 2. The van der Waals surface area contributed by atoms with Crippen molar-refractivity contribution in [2.75, 3.05) is 6.54 Å². The van der Waals surface area contributed by atoms with E-state index in [1.165, 1.54) is 6.92 Å².